The third-order valence-corrected chi connectivity index (χ3v) is 1.57. The molecule has 0 aliphatic rings. The smallest absolute Gasteiger partial charge is 0.332 e. The summed E-state index contributed by atoms with van der Waals surface area (Å²) in [6.07, 6.45) is 2.22. The van der Waals surface area contributed by atoms with Crippen LogP contribution in [0, 0.1) is 0 Å². The number of esters is 3. The molecule has 0 atom stereocenters. The normalized spacial score (nSPS) is 8.17. The number of halogens is 1. The molecule has 0 N–H and O–H groups in total. The summed E-state index contributed by atoms with van der Waals surface area (Å²) in [4.78, 5) is 30.8. The van der Waals surface area contributed by atoms with Crippen molar-refractivity contribution in [2.75, 3.05) is 7.11 Å². The Morgan fingerprint density at radius 3 is 1.21 bits per heavy atom. The number of carbonyl (C=O) groups is 3. The van der Waals surface area contributed by atoms with E-state index in [1.54, 1.807) is 34.6 Å². The van der Waals surface area contributed by atoms with E-state index in [0.29, 0.717) is 5.57 Å². The van der Waals surface area contributed by atoms with E-state index in [-0.39, 0.29) is 42.5 Å². The van der Waals surface area contributed by atoms with E-state index in [1.807, 2.05) is 0 Å². The standard InChI is InChI=1S/2C6H10O2.C5H8O2.ClH/c2*1-4-6(7)8-5(2)3;1-4(2)5(6)7-3;/h2*4-5H,1H2,2-3H3;1H2,2-3H3;1H. The van der Waals surface area contributed by atoms with Crippen molar-refractivity contribution in [3.63, 3.8) is 0 Å². The van der Waals surface area contributed by atoms with Crippen LogP contribution in [0.3, 0.4) is 0 Å². The first-order valence-electron chi connectivity index (χ1n) is 6.91. The molecular formula is C17H29ClO6. The van der Waals surface area contributed by atoms with E-state index in [1.165, 1.54) is 7.11 Å². The summed E-state index contributed by atoms with van der Waals surface area (Å²) < 4.78 is 13.6. The first-order chi connectivity index (χ1) is 10.5. The molecule has 0 radical (unpaired) electrons. The van der Waals surface area contributed by atoms with Crippen molar-refractivity contribution in [2.45, 2.75) is 46.8 Å². The minimum absolute atomic E-state index is 0. The van der Waals surface area contributed by atoms with Gasteiger partial charge in [-0.15, -0.1) is 12.4 Å². The Balaban J connectivity index is -0.000000123. The van der Waals surface area contributed by atoms with Crippen LogP contribution in [0.1, 0.15) is 34.6 Å². The first-order valence-corrected chi connectivity index (χ1v) is 6.91. The van der Waals surface area contributed by atoms with E-state index in [4.69, 9.17) is 0 Å². The van der Waals surface area contributed by atoms with Crippen molar-refractivity contribution in [2.24, 2.45) is 0 Å². The molecule has 0 rings (SSSR count). The molecule has 0 heterocycles. The number of rotatable bonds is 5. The Kier molecular flexibility index (Phi) is 23.6. The Bertz CT molecular complexity index is 387. The number of carbonyl (C=O) groups excluding carboxylic acids is 3. The van der Waals surface area contributed by atoms with E-state index in [0.717, 1.165) is 12.2 Å². The molecule has 6 nitrogen and oxygen atoms in total. The van der Waals surface area contributed by atoms with E-state index in [9.17, 15) is 14.4 Å². The zero-order valence-corrected chi connectivity index (χ0v) is 16.1. The Morgan fingerprint density at radius 1 is 0.875 bits per heavy atom. The lowest BCUT2D eigenvalue weighted by atomic mass is 10.4. The predicted octanol–water partition coefficient (Wildman–Crippen LogP) is 3.41. The lowest BCUT2D eigenvalue weighted by Crippen LogP contribution is -2.07. The quantitative estimate of drug-likeness (QED) is 0.422. The molecule has 0 amide bonds. The SMILES string of the molecule is C=C(C)C(=O)OC.C=CC(=O)OC(C)C.C=CC(=O)OC(C)C.Cl. The van der Waals surface area contributed by atoms with Gasteiger partial charge in [-0.2, -0.15) is 0 Å². The third kappa shape index (κ3) is 28.1. The maximum Gasteiger partial charge on any atom is 0.332 e. The zero-order valence-electron chi connectivity index (χ0n) is 15.3. The second kappa shape index (κ2) is 19.0. The highest BCUT2D eigenvalue weighted by Gasteiger charge is 1.97. The molecule has 0 aromatic rings. The van der Waals surface area contributed by atoms with E-state index < -0.39 is 0 Å². The van der Waals surface area contributed by atoms with Crippen molar-refractivity contribution in [1.29, 1.82) is 0 Å². The summed E-state index contributed by atoms with van der Waals surface area (Å²) in [5.41, 5.74) is 0.433. The van der Waals surface area contributed by atoms with Gasteiger partial charge >= 0.3 is 17.9 Å². The molecule has 0 unspecified atom stereocenters. The fourth-order valence-corrected chi connectivity index (χ4v) is 0.735. The minimum atomic E-state index is -0.361. The van der Waals surface area contributed by atoms with Crippen LogP contribution in [0.15, 0.2) is 37.5 Å². The summed E-state index contributed by atoms with van der Waals surface area (Å²) in [6, 6.07) is 0. The van der Waals surface area contributed by atoms with Crippen LogP contribution in [0.4, 0.5) is 0 Å². The third-order valence-electron chi connectivity index (χ3n) is 1.57. The molecule has 0 aliphatic heterocycles. The van der Waals surface area contributed by atoms with Crippen LogP contribution in [-0.4, -0.2) is 37.2 Å². The van der Waals surface area contributed by atoms with Gasteiger partial charge in [-0.3, -0.25) is 0 Å². The van der Waals surface area contributed by atoms with Crippen molar-refractivity contribution in [1.82, 2.24) is 0 Å². The van der Waals surface area contributed by atoms with Crippen LogP contribution in [0.25, 0.3) is 0 Å². The van der Waals surface area contributed by atoms with Crippen LogP contribution < -0.4 is 0 Å². The highest BCUT2D eigenvalue weighted by atomic mass is 35.5. The fraction of sp³-hybridized carbons (Fsp3) is 0.471. The van der Waals surface area contributed by atoms with Crippen molar-refractivity contribution in [3.05, 3.63) is 37.5 Å². The molecule has 0 aliphatic carbocycles. The zero-order chi connectivity index (χ0) is 19.0. The van der Waals surface area contributed by atoms with Gasteiger partial charge in [0.25, 0.3) is 0 Å². The number of hydrogen-bond acceptors (Lipinski definition) is 6. The lowest BCUT2D eigenvalue weighted by Gasteiger charge is -2.02. The molecule has 0 aromatic carbocycles. The minimum Gasteiger partial charge on any atom is -0.466 e. The summed E-state index contributed by atoms with van der Waals surface area (Å²) in [6.45, 7) is 18.6. The average Bonchev–Trinajstić information content (AvgIpc) is 2.45. The molecule has 0 fully saturated rings. The largest absolute Gasteiger partial charge is 0.466 e. The van der Waals surface area contributed by atoms with E-state index in [2.05, 4.69) is 33.9 Å². The second-order valence-electron chi connectivity index (χ2n) is 4.65. The molecule has 0 bridgehead atoms. The van der Waals surface area contributed by atoms with Crippen LogP contribution >= 0.6 is 12.4 Å². The van der Waals surface area contributed by atoms with Gasteiger partial charge in [0.2, 0.25) is 0 Å². The number of methoxy groups -OCH3 is 1. The molecule has 140 valence electrons. The van der Waals surface area contributed by atoms with Gasteiger partial charge < -0.3 is 14.2 Å². The fourth-order valence-electron chi connectivity index (χ4n) is 0.735. The molecule has 24 heavy (non-hydrogen) atoms. The average molecular weight is 365 g/mol. The van der Waals surface area contributed by atoms with Gasteiger partial charge in [-0.25, -0.2) is 14.4 Å². The molecule has 0 saturated heterocycles. The van der Waals surface area contributed by atoms with Gasteiger partial charge in [-0.05, 0) is 34.6 Å². The molecule has 0 saturated carbocycles. The summed E-state index contributed by atoms with van der Waals surface area (Å²) in [5.74, 6) is -1.07. The highest BCUT2D eigenvalue weighted by molar-refractivity contribution is 5.86. The monoisotopic (exact) mass is 364 g/mol. The van der Waals surface area contributed by atoms with Crippen LogP contribution in [0.2, 0.25) is 0 Å². The predicted molar refractivity (Wildman–Crippen MR) is 96.9 cm³/mol. The second-order valence-corrected chi connectivity index (χ2v) is 4.65. The van der Waals surface area contributed by atoms with Gasteiger partial charge in [0.15, 0.2) is 0 Å². The van der Waals surface area contributed by atoms with Crippen molar-refractivity contribution < 1.29 is 28.6 Å². The molecule has 0 spiro atoms. The summed E-state index contributed by atoms with van der Waals surface area (Å²) >= 11 is 0. The van der Waals surface area contributed by atoms with E-state index >= 15 is 0 Å². The maximum atomic E-state index is 10.3. The lowest BCUT2D eigenvalue weighted by molar-refractivity contribution is -0.142. The van der Waals surface area contributed by atoms with Gasteiger partial charge in [-0.1, -0.05) is 19.7 Å². The summed E-state index contributed by atoms with van der Waals surface area (Å²) in [5, 5.41) is 0. The van der Waals surface area contributed by atoms with Crippen molar-refractivity contribution >= 4 is 30.3 Å². The maximum absolute atomic E-state index is 10.3. The van der Waals surface area contributed by atoms with Crippen molar-refractivity contribution in [3.8, 4) is 0 Å². The van der Waals surface area contributed by atoms with Gasteiger partial charge in [0.05, 0.1) is 19.3 Å². The number of hydrogen-bond donors (Lipinski definition) is 0. The molecule has 0 aromatic heterocycles. The molecule has 7 heteroatoms. The number of ether oxygens (including phenoxy) is 3. The Morgan fingerprint density at radius 2 is 1.17 bits per heavy atom. The van der Waals surface area contributed by atoms with Crippen LogP contribution in [0.5, 0.6) is 0 Å². The highest BCUT2D eigenvalue weighted by Crippen LogP contribution is 1.88. The summed E-state index contributed by atoms with van der Waals surface area (Å²) in [7, 11) is 1.33. The molecular weight excluding hydrogens is 336 g/mol. The topological polar surface area (TPSA) is 78.9 Å². The first kappa shape index (κ1) is 29.9. The van der Waals surface area contributed by atoms with Gasteiger partial charge in [0, 0.05) is 17.7 Å². The Hall–Kier alpha value is -2.08. The van der Waals surface area contributed by atoms with Crippen LogP contribution in [-0.2, 0) is 28.6 Å². The van der Waals surface area contributed by atoms with Gasteiger partial charge in [0.1, 0.15) is 0 Å². The Labute approximate surface area is 150 Å².